The molecule has 0 heterocycles. The highest BCUT2D eigenvalue weighted by Crippen LogP contribution is 2.29. The zero-order valence-corrected chi connectivity index (χ0v) is 10.3. The number of halogens is 6. The summed E-state index contributed by atoms with van der Waals surface area (Å²) < 4.78 is 53.1. The molecule has 1 aromatic rings. The summed E-state index contributed by atoms with van der Waals surface area (Å²) in [6, 6.07) is 1.61. The Morgan fingerprint density at radius 2 is 2.00 bits per heavy atom. The van der Waals surface area contributed by atoms with Crippen LogP contribution < -0.4 is 4.74 Å². The molecule has 0 aliphatic rings. The zero-order chi connectivity index (χ0) is 13.2. The molecule has 0 aromatic heterocycles. The molecule has 0 aliphatic carbocycles. The van der Waals surface area contributed by atoms with Gasteiger partial charge in [-0.15, -0.1) is 0 Å². The minimum Gasteiger partial charge on any atom is -0.483 e. The van der Waals surface area contributed by atoms with Gasteiger partial charge in [0.1, 0.15) is 11.6 Å². The van der Waals surface area contributed by atoms with E-state index in [1.165, 1.54) is 0 Å². The average Bonchev–Trinajstić information content (AvgIpc) is 2.17. The fourth-order valence-electron chi connectivity index (χ4n) is 0.961. The number of rotatable bonds is 3. The molecule has 0 aliphatic heterocycles. The Kier molecular flexibility index (Phi) is 4.37. The minimum absolute atomic E-state index is 0.128. The Hall–Kier alpha value is -0.820. The van der Waals surface area contributed by atoms with Crippen molar-refractivity contribution < 1.29 is 27.1 Å². The van der Waals surface area contributed by atoms with Gasteiger partial charge in [-0.05, 0) is 39.7 Å². The van der Waals surface area contributed by atoms with Gasteiger partial charge in [-0.1, -0.05) is 0 Å². The monoisotopic (exact) mass is 334 g/mol. The molecule has 0 spiro atoms. The molecule has 0 unspecified atom stereocenters. The van der Waals surface area contributed by atoms with Gasteiger partial charge in [-0.3, -0.25) is 4.79 Å². The molecule has 0 saturated carbocycles. The maximum Gasteiger partial charge on any atom is 0.422 e. The SMILES string of the molecule is O=C(Cl)c1cc(F)c(Br)cc1OCC(F)(F)F. The highest BCUT2D eigenvalue weighted by molar-refractivity contribution is 9.10. The Labute approximate surface area is 107 Å². The zero-order valence-electron chi connectivity index (χ0n) is 7.95. The van der Waals surface area contributed by atoms with Crippen LogP contribution >= 0.6 is 27.5 Å². The van der Waals surface area contributed by atoms with Crippen molar-refractivity contribution in [1.82, 2.24) is 0 Å². The van der Waals surface area contributed by atoms with Crippen molar-refractivity contribution in [2.24, 2.45) is 0 Å². The van der Waals surface area contributed by atoms with Crippen LogP contribution in [0, 0.1) is 5.82 Å². The standard InChI is InChI=1S/C9H4BrClF4O2/c10-5-2-7(17-3-9(13,14)15)4(8(11)16)1-6(5)12/h1-2H,3H2. The molecule has 94 valence electrons. The maximum absolute atomic E-state index is 13.1. The van der Waals surface area contributed by atoms with Crippen molar-refractivity contribution in [2.75, 3.05) is 6.61 Å². The molecule has 2 nitrogen and oxygen atoms in total. The van der Waals surface area contributed by atoms with E-state index in [1.807, 2.05) is 0 Å². The minimum atomic E-state index is -4.56. The number of alkyl halides is 3. The van der Waals surface area contributed by atoms with Crippen LogP contribution in [0.5, 0.6) is 5.75 Å². The van der Waals surface area contributed by atoms with Crippen molar-refractivity contribution in [3.05, 3.63) is 28.0 Å². The molecule has 17 heavy (non-hydrogen) atoms. The summed E-state index contributed by atoms with van der Waals surface area (Å²) in [6.07, 6.45) is -4.56. The third-order valence-electron chi connectivity index (χ3n) is 1.63. The van der Waals surface area contributed by atoms with Gasteiger partial charge in [0.05, 0.1) is 10.0 Å². The Bertz CT molecular complexity index is 447. The van der Waals surface area contributed by atoms with E-state index in [0.717, 1.165) is 6.07 Å². The summed E-state index contributed by atoms with van der Waals surface area (Å²) >= 11 is 7.86. The molecule has 0 amide bonds. The van der Waals surface area contributed by atoms with E-state index in [4.69, 9.17) is 11.6 Å². The lowest BCUT2D eigenvalue weighted by Crippen LogP contribution is -2.20. The van der Waals surface area contributed by atoms with Crippen molar-refractivity contribution in [3.8, 4) is 5.75 Å². The van der Waals surface area contributed by atoms with E-state index >= 15 is 0 Å². The van der Waals surface area contributed by atoms with Gasteiger partial charge in [-0.25, -0.2) is 4.39 Å². The third kappa shape index (κ3) is 4.16. The highest BCUT2D eigenvalue weighted by Gasteiger charge is 2.29. The summed E-state index contributed by atoms with van der Waals surface area (Å²) in [5, 5.41) is -1.10. The number of benzene rings is 1. The van der Waals surface area contributed by atoms with E-state index in [2.05, 4.69) is 20.7 Å². The molecule has 1 rings (SSSR count). The predicted octanol–water partition coefficient (Wildman–Crippen LogP) is 3.91. The average molecular weight is 335 g/mol. The largest absolute Gasteiger partial charge is 0.483 e. The summed E-state index contributed by atoms with van der Waals surface area (Å²) in [5.74, 6) is -1.26. The first-order valence-corrected chi connectivity index (χ1v) is 5.26. The molecule has 0 radical (unpaired) electrons. The molecule has 1 aromatic carbocycles. The van der Waals surface area contributed by atoms with Gasteiger partial charge < -0.3 is 4.74 Å². The summed E-state index contributed by atoms with van der Waals surface area (Å²) in [6.45, 7) is -1.59. The first kappa shape index (κ1) is 14.2. The highest BCUT2D eigenvalue weighted by atomic mass is 79.9. The summed E-state index contributed by atoms with van der Waals surface area (Å²) in [5.41, 5.74) is -0.461. The normalized spacial score (nSPS) is 11.4. The smallest absolute Gasteiger partial charge is 0.422 e. The second-order valence-corrected chi connectivity index (χ2v) is 4.14. The van der Waals surface area contributed by atoms with Crippen molar-refractivity contribution in [1.29, 1.82) is 0 Å². The van der Waals surface area contributed by atoms with E-state index in [1.54, 1.807) is 0 Å². The van der Waals surface area contributed by atoms with Gasteiger partial charge in [0.15, 0.2) is 6.61 Å². The lowest BCUT2D eigenvalue weighted by Gasteiger charge is -2.12. The number of carbonyl (C=O) groups is 1. The van der Waals surface area contributed by atoms with Crippen LogP contribution in [0.15, 0.2) is 16.6 Å². The molecule has 0 N–H and O–H groups in total. The maximum atomic E-state index is 13.1. The van der Waals surface area contributed by atoms with Gasteiger partial charge >= 0.3 is 6.18 Å². The van der Waals surface area contributed by atoms with Crippen LogP contribution in [0.1, 0.15) is 10.4 Å². The number of ether oxygens (including phenoxy) is 1. The number of hydrogen-bond donors (Lipinski definition) is 0. The van der Waals surface area contributed by atoms with E-state index in [0.29, 0.717) is 6.07 Å². The van der Waals surface area contributed by atoms with Gasteiger partial charge in [-0.2, -0.15) is 13.2 Å². The molecule has 0 fully saturated rings. The fraction of sp³-hybridized carbons (Fsp3) is 0.222. The first-order valence-electron chi connectivity index (χ1n) is 4.09. The van der Waals surface area contributed by atoms with Crippen LogP contribution in [0.4, 0.5) is 17.6 Å². The molecule has 0 bridgehead atoms. The first-order chi connectivity index (χ1) is 7.70. The number of hydrogen-bond acceptors (Lipinski definition) is 2. The lowest BCUT2D eigenvalue weighted by atomic mass is 10.2. The second-order valence-electron chi connectivity index (χ2n) is 2.94. The van der Waals surface area contributed by atoms with Crippen molar-refractivity contribution in [3.63, 3.8) is 0 Å². The van der Waals surface area contributed by atoms with Crippen molar-refractivity contribution >= 4 is 32.8 Å². The quantitative estimate of drug-likeness (QED) is 0.618. The predicted molar refractivity (Wildman–Crippen MR) is 55.8 cm³/mol. The topological polar surface area (TPSA) is 26.3 Å². The van der Waals surface area contributed by atoms with Crippen LogP contribution in [0.25, 0.3) is 0 Å². The lowest BCUT2D eigenvalue weighted by molar-refractivity contribution is -0.153. The van der Waals surface area contributed by atoms with E-state index in [9.17, 15) is 22.4 Å². The fourth-order valence-corrected chi connectivity index (χ4v) is 1.43. The molecular weight excluding hydrogens is 331 g/mol. The molecular formula is C9H4BrClF4O2. The second kappa shape index (κ2) is 5.22. The number of carbonyl (C=O) groups excluding carboxylic acids is 1. The Morgan fingerprint density at radius 3 is 2.47 bits per heavy atom. The Balaban J connectivity index is 3.05. The van der Waals surface area contributed by atoms with Crippen LogP contribution in [0.3, 0.4) is 0 Å². The Morgan fingerprint density at radius 1 is 1.41 bits per heavy atom. The van der Waals surface area contributed by atoms with Crippen molar-refractivity contribution in [2.45, 2.75) is 6.18 Å². The molecule has 0 atom stereocenters. The van der Waals surface area contributed by atoms with Crippen LogP contribution in [0.2, 0.25) is 0 Å². The molecule has 0 saturated heterocycles. The third-order valence-corrected chi connectivity index (χ3v) is 2.44. The van der Waals surface area contributed by atoms with Gasteiger partial charge in [0.25, 0.3) is 5.24 Å². The summed E-state index contributed by atoms with van der Waals surface area (Å²) in [7, 11) is 0. The molecule has 8 heteroatoms. The summed E-state index contributed by atoms with van der Waals surface area (Å²) in [4.78, 5) is 10.9. The van der Waals surface area contributed by atoms with E-state index < -0.39 is 35.2 Å². The van der Waals surface area contributed by atoms with Crippen LogP contribution in [-0.2, 0) is 0 Å². The van der Waals surface area contributed by atoms with Crippen LogP contribution in [-0.4, -0.2) is 18.0 Å². The van der Waals surface area contributed by atoms with Gasteiger partial charge in [0.2, 0.25) is 0 Å². The van der Waals surface area contributed by atoms with Gasteiger partial charge in [0, 0.05) is 0 Å². The van der Waals surface area contributed by atoms with E-state index in [-0.39, 0.29) is 4.47 Å².